The zero-order valence-corrected chi connectivity index (χ0v) is 22.0. The van der Waals surface area contributed by atoms with E-state index >= 15 is 0 Å². The number of hydrogen-bond donors (Lipinski definition) is 1. The third-order valence-corrected chi connectivity index (χ3v) is 8.68. The molecule has 1 N–H and O–H groups in total. The van der Waals surface area contributed by atoms with E-state index in [9.17, 15) is 9.59 Å². The van der Waals surface area contributed by atoms with Crippen LogP contribution in [0.25, 0.3) is 0 Å². The van der Waals surface area contributed by atoms with Crippen molar-refractivity contribution in [3.63, 3.8) is 0 Å². The van der Waals surface area contributed by atoms with E-state index in [1.165, 1.54) is 17.7 Å². The fraction of sp³-hybridized carbons (Fsp3) is 0.552. The lowest BCUT2D eigenvalue weighted by Crippen LogP contribution is -2.56. The molecular weight excluding hydrogens is 486 g/mol. The van der Waals surface area contributed by atoms with Gasteiger partial charge in [0.05, 0.1) is 6.54 Å². The molecule has 2 aliphatic carbocycles. The summed E-state index contributed by atoms with van der Waals surface area (Å²) in [6.07, 6.45) is 8.45. The number of carbonyl (C=O) groups is 2. The van der Waals surface area contributed by atoms with Gasteiger partial charge in [0.15, 0.2) is 0 Å². The Balaban J connectivity index is 1.12. The predicted octanol–water partition coefficient (Wildman–Crippen LogP) is 4.40. The molecule has 202 valence electrons. The number of hydroxylamine groups is 2. The van der Waals surface area contributed by atoms with E-state index in [2.05, 4.69) is 17.2 Å². The molecule has 1 aromatic carbocycles. The summed E-state index contributed by atoms with van der Waals surface area (Å²) in [7, 11) is 1.40. The Morgan fingerprint density at radius 3 is 2.89 bits per heavy atom. The van der Waals surface area contributed by atoms with Crippen LogP contribution >= 0.6 is 0 Å². The maximum atomic E-state index is 13.2. The molecule has 3 heterocycles. The van der Waals surface area contributed by atoms with Gasteiger partial charge in [-0.2, -0.15) is 0 Å². The zero-order valence-electron chi connectivity index (χ0n) is 22.0. The minimum absolute atomic E-state index is 0.0222. The molecule has 0 radical (unpaired) electrons. The van der Waals surface area contributed by atoms with Gasteiger partial charge in [0.1, 0.15) is 24.6 Å². The third-order valence-electron chi connectivity index (χ3n) is 8.68. The average molecular weight is 522 g/mol. The number of rotatable bonds is 6. The number of hydrogen-bond acceptors (Lipinski definition) is 7. The van der Waals surface area contributed by atoms with Crippen molar-refractivity contribution >= 4 is 18.2 Å². The second-order valence-electron chi connectivity index (χ2n) is 11.1. The molecule has 1 saturated heterocycles. The standard InChI is InChI=1S/C29H35N3O6/c1-19-8-9-24-28(16-19)10-12-30-17-21-14-22(15-23(38-24)25(21)28)37-27(34)31-29(35-2)11-13-32(26(29)33)36-18-20-6-4-3-5-7-20/h3-7,12,17,19,22,24H,8-11,13-16,18H2,1-2H3,(H,31,34)/t19?,22-,24-,28?,29-/m1/s1. The van der Waals surface area contributed by atoms with Gasteiger partial charge in [-0.15, -0.1) is 0 Å². The number of benzene rings is 1. The largest absolute Gasteiger partial charge is 0.493 e. The molecule has 6 rings (SSSR count). The lowest BCUT2D eigenvalue weighted by molar-refractivity contribution is -0.194. The molecule has 38 heavy (non-hydrogen) atoms. The first-order chi connectivity index (χ1) is 18.4. The highest BCUT2D eigenvalue weighted by Crippen LogP contribution is 2.59. The molecule has 1 aromatic rings. The summed E-state index contributed by atoms with van der Waals surface area (Å²) < 4.78 is 17.9. The molecule has 5 aliphatic rings. The summed E-state index contributed by atoms with van der Waals surface area (Å²) in [4.78, 5) is 36.5. The van der Waals surface area contributed by atoms with Gasteiger partial charge < -0.3 is 14.2 Å². The number of alkyl carbamates (subject to hydrolysis) is 1. The topological polar surface area (TPSA) is 98.7 Å². The molecule has 2 unspecified atom stereocenters. The predicted molar refractivity (Wildman–Crippen MR) is 138 cm³/mol. The van der Waals surface area contributed by atoms with E-state index in [-0.39, 0.29) is 24.5 Å². The minimum Gasteiger partial charge on any atom is -0.493 e. The molecule has 5 atom stereocenters. The van der Waals surface area contributed by atoms with Gasteiger partial charge in [-0.1, -0.05) is 37.3 Å². The first-order valence-corrected chi connectivity index (χ1v) is 13.6. The van der Waals surface area contributed by atoms with E-state index in [1.807, 2.05) is 42.7 Å². The van der Waals surface area contributed by atoms with Crippen molar-refractivity contribution in [3.05, 3.63) is 59.0 Å². The minimum atomic E-state index is -1.53. The number of amides is 2. The molecule has 2 amide bonds. The highest BCUT2D eigenvalue weighted by molar-refractivity contribution is 5.89. The van der Waals surface area contributed by atoms with Gasteiger partial charge in [-0.05, 0) is 42.7 Å². The van der Waals surface area contributed by atoms with Crippen LogP contribution in [0.3, 0.4) is 0 Å². The highest BCUT2D eigenvalue weighted by atomic mass is 16.7. The molecular formula is C29H35N3O6. The second-order valence-corrected chi connectivity index (χ2v) is 11.1. The van der Waals surface area contributed by atoms with E-state index in [4.69, 9.17) is 19.0 Å². The summed E-state index contributed by atoms with van der Waals surface area (Å²) >= 11 is 0. The Hall–Kier alpha value is -3.17. The van der Waals surface area contributed by atoms with Crippen molar-refractivity contribution in [2.24, 2.45) is 16.3 Å². The summed E-state index contributed by atoms with van der Waals surface area (Å²) in [5.41, 5.74) is 1.77. The lowest BCUT2D eigenvalue weighted by atomic mass is 9.61. The second kappa shape index (κ2) is 9.85. The van der Waals surface area contributed by atoms with Crippen LogP contribution in [0.4, 0.5) is 4.79 Å². The molecule has 9 nitrogen and oxygen atoms in total. The molecule has 0 bridgehead atoms. The van der Waals surface area contributed by atoms with Gasteiger partial charge in [0, 0.05) is 49.8 Å². The van der Waals surface area contributed by atoms with Crippen LogP contribution in [0.2, 0.25) is 0 Å². The van der Waals surface area contributed by atoms with Crippen molar-refractivity contribution < 1.29 is 28.6 Å². The van der Waals surface area contributed by atoms with Crippen LogP contribution in [-0.4, -0.2) is 54.9 Å². The fourth-order valence-electron chi connectivity index (χ4n) is 6.88. The summed E-state index contributed by atoms with van der Waals surface area (Å²) in [5.74, 6) is 1.12. The van der Waals surface area contributed by atoms with Crippen LogP contribution in [-0.2, 0) is 30.4 Å². The number of aliphatic imine (C=N–C) groups is 1. The fourth-order valence-corrected chi connectivity index (χ4v) is 6.88. The zero-order chi connectivity index (χ0) is 26.3. The van der Waals surface area contributed by atoms with Crippen LogP contribution < -0.4 is 5.32 Å². The SMILES string of the molecule is CO[C@]1(NC(=O)O[C@@H]2CC3=CN=CCC45CC(C)CC[C@H]4OC(=C35)C2)CCN(OCc2ccccc2)C1=O. The maximum absolute atomic E-state index is 13.2. The lowest BCUT2D eigenvalue weighted by Gasteiger charge is -2.42. The monoisotopic (exact) mass is 521 g/mol. The van der Waals surface area contributed by atoms with E-state index in [0.29, 0.717) is 25.3 Å². The van der Waals surface area contributed by atoms with Crippen LogP contribution in [0.1, 0.15) is 57.4 Å². The first kappa shape index (κ1) is 25.1. The third kappa shape index (κ3) is 4.31. The van der Waals surface area contributed by atoms with Gasteiger partial charge in [-0.25, -0.2) is 9.86 Å². The Bertz CT molecular complexity index is 1200. The Morgan fingerprint density at radius 1 is 1.24 bits per heavy atom. The molecule has 2 fully saturated rings. The summed E-state index contributed by atoms with van der Waals surface area (Å²) in [6.45, 7) is 2.85. The normalized spacial score (nSPS) is 33.7. The van der Waals surface area contributed by atoms with Crippen molar-refractivity contribution in [1.29, 1.82) is 0 Å². The van der Waals surface area contributed by atoms with Crippen LogP contribution in [0.15, 0.2) is 58.4 Å². The first-order valence-electron chi connectivity index (χ1n) is 13.6. The molecule has 9 heteroatoms. The van der Waals surface area contributed by atoms with Crippen molar-refractivity contribution in [1.82, 2.24) is 10.4 Å². The molecule has 1 saturated carbocycles. The Kier molecular flexibility index (Phi) is 6.52. The molecule has 3 aliphatic heterocycles. The number of nitrogens with one attached hydrogen (secondary N) is 1. The number of methoxy groups -OCH3 is 1. The average Bonchev–Trinajstić information content (AvgIpc) is 3.32. The van der Waals surface area contributed by atoms with Crippen molar-refractivity contribution in [2.75, 3.05) is 13.7 Å². The van der Waals surface area contributed by atoms with Gasteiger partial charge >= 0.3 is 6.09 Å². The van der Waals surface area contributed by atoms with Crippen LogP contribution in [0.5, 0.6) is 0 Å². The van der Waals surface area contributed by atoms with E-state index < -0.39 is 23.8 Å². The Labute approximate surface area is 222 Å². The summed E-state index contributed by atoms with van der Waals surface area (Å²) in [5, 5.41) is 3.94. The van der Waals surface area contributed by atoms with Crippen molar-refractivity contribution in [3.8, 4) is 0 Å². The van der Waals surface area contributed by atoms with Crippen LogP contribution in [0, 0.1) is 11.3 Å². The van der Waals surface area contributed by atoms with E-state index in [0.717, 1.165) is 42.6 Å². The van der Waals surface area contributed by atoms with Gasteiger partial charge in [-0.3, -0.25) is 19.9 Å². The quantitative estimate of drug-likeness (QED) is 0.557. The van der Waals surface area contributed by atoms with Crippen molar-refractivity contribution in [2.45, 2.75) is 76.4 Å². The Morgan fingerprint density at radius 2 is 2.08 bits per heavy atom. The molecule has 1 spiro atoms. The maximum Gasteiger partial charge on any atom is 0.410 e. The smallest absolute Gasteiger partial charge is 0.410 e. The molecule has 0 aromatic heterocycles. The number of carbonyl (C=O) groups excluding carboxylic acids is 2. The van der Waals surface area contributed by atoms with Gasteiger partial charge in [0.2, 0.25) is 5.72 Å². The van der Waals surface area contributed by atoms with Gasteiger partial charge in [0.25, 0.3) is 5.91 Å². The number of nitrogens with zero attached hydrogens (tertiary/aromatic N) is 2. The number of ether oxygens (including phenoxy) is 3. The van der Waals surface area contributed by atoms with E-state index in [1.54, 1.807) is 0 Å². The highest BCUT2D eigenvalue weighted by Gasteiger charge is 2.56. The summed E-state index contributed by atoms with van der Waals surface area (Å²) in [6, 6.07) is 9.59.